The predicted octanol–water partition coefficient (Wildman–Crippen LogP) is 3.83. The molecule has 0 bridgehead atoms. The Kier molecular flexibility index (Phi) is 2.83. The molecular formula is C11H4F6O2. The Bertz CT molecular complexity index is 680. The monoisotopic (exact) mass is 282 g/mol. The van der Waals surface area contributed by atoms with Gasteiger partial charge in [0, 0.05) is 11.5 Å². The molecule has 1 aromatic heterocycles. The molecule has 2 aromatic rings. The number of alkyl halides is 6. The van der Waals surface area contributed by atoms with Crippen molar-refractivity contribution < 1.29 is 30.8 Å². The summed E-state index contributed by atoms with van der Waals surface area (Å²) in [4.78, 5) is 10.9. The minimum atomic E-state index is -5.29. The number of hydrogen-bond donors (Lipinski definition) is 0. The van der Waals surface area contributed by atoms with E-state index in [1.165, 1.54) is 0 Å². The van der Waals surface area contributed by atoms with Crippen molar-refractivity contribution in [1.82, 2.24) is 0 Å². The summed E-state index contributed by atoms with van der Waals surface area (Å²) >= 11 is 0. The summed E-state index contributed by atoms with van der Waals surface area (Å²) in [7, 11) is 0. The molecule has 19 heavy (non-hydrogen) atoms. The lowest BCUT2D eigenvalue weighted by atomic mass is 10.0. The Morgan fingerprint density at radius 1 is 0.842 bits per heavy atom. The molecule has 0 fully saturated rings. The van der Waals surface area contributed by atoms with Gasteiger partial charge in [0.15, 0.2) is 5.58 Å². The first-order valence-electron chi connectivity index (χ1n) is 4.82. The molecule has 0 amide bonds. The summed E-state index contributed by atoms with van der Waals surface area (Å²) in [6.45, 7) is 0. The lowest BCUT2D eigenvalue weighted by molar-refractivity contribution is -0.161. The Balaban J connectivity index is 2.97. The van der Waals surface area contributed by atoms with Crippen LogP contribution in [0.5, 0.6) is 0 Å². The molecule has 0 saturated carbocycles. The molecule has 8 heteroatoms. The van der Waals surface area contributed by atoms with Crippen LogP contribution in [-0.4, -0.2) is 0 Å². The van der Waals surface area contributed by atoms with E-state index in [2.05, 4.69) is 4.42 Å². The van der Waals surface area contributed by atoms with Gasteiger partial charge in [-0.2, -0.15) is 26.3 Å². The van der Waals surface area contributed by atoms with E-state index in [0.717, 1.165) is 18.2 Å². The van der Waals surface area contributed by atoms with Gasteiger partial charge in [0.1, 0.15) is 5.56 Å². The smallest absolute Gasteiger partial charge is 0.420 e. The summed E-state index contributed by atoms with van der Waals surface area (Å²) in [5, 5.41) is -0.236. The highest BCUT2D eigenvalue weighted by atomic mass is 19.4. The van der Waals surface area contributed by atoms with Crippen LogP contribution in [0.3, 0.4) is 0 Å². The zero-order valence-electron chi connectivity index (χ0n) is 8.89. The van der Waals surface area contributed by atoms with Crippen LogP contribution in [0.25, 0.3) is 11.0 Å². The van der Waals surface area contributed by atoms with Gasteiger partial charge in [-0.25, -0.2) is 4.79 Å². The van der Waals surface area contributed by atoms with Gasteiger partial charge in [-0.15, -0.1) is 0 Å². The fourth-order valence-electron chi connectivity index (χ4n) is 1.65. The van der Waals surface area contributed by atoms with Crippen molar-refractivity contribution in [2.75, 3.05) is 0 Å². The van der Waals surface area contributed by atoms with Crippen LogP contribution in [-0.2, 0) is 12.4 Å². The van der Waals surface area contributed by atoms with Crippen LogP contribution in [0.1, 0.15) is 11.1 Å². The van der Waals surface area contributed by atoms with Crippen LogP contribution in [0.2, 0.25) is 0 Å². The average molecular weight is 282 g/mol. The van der Waals surface area contributed by atoms with Crippen molar-refractivity contribution in [2.45, 2.75) is 12.4 Å². The SMILES string of the molecule is O=c1ccc2ccc(C(F)(F)F)c(C(F)(F)F)c2o1. The number of halogens is 6. The van der Waals surface area contributed by atoms with Crippen molar-refractivity contribution in [3.63, 3.8) is 0 Å². The molecule has 1 heterocycles. The molecule has 1 aromatic carbocycles. The van der Waals surface area contributed by atoms with E-state index in [1.807, 2.05) is 0 Å². The summed E-state index contributed by atoms with van der Waals surface area (Å²) in [6.07, 6.45) is -10.5. The minimum Gasteiger partial charge on any atom is -0.422 e. The molecule has 0 aliphatic heterocycles. The fourth-order valence-corrected chi connectivity index (χ4v) is 1.65. The molecular weight excluding hydrogens is 278 g/mol. The van der Waals surface area contributed by atoms with E-state index < -0.39 is 34.7 Å². The van der Waals surface area contributed by atoms with Crippen molar-refractivity contribution in [1.29, 1.82) is 0 Å². The molecule has 2 nitrogen and oxygen atoms in total. The van der Waals surface area contributed by atoms with Gasteiger partial charge < -0.3 is 4.42 Å². The van der Waals surface area contributed by atoms with Crippen molar-refractivity contribution in [2.24, 2.45) is 0 Å². The maximum Gasteiger partial charge on any atom is 0.420 e. The van der Waals surface area contributed by atoms with E-state index in [-0.39, 0.29) is 5.39 Å². The zero-order valence-corrected chi connectivity index (χ0v) is 8.89. The summed E-state index contributed by atoms with van der Waals surface area (Å²) in [6, 6.07) is 2.92. The number of benzene rings is 1. The third kappa shape index (κ3) is 2.42. The van der Waals surface area contributed by atoms with Crippen LogP contribution in [0.15, 0.2) is 33.5 Å². The second-order valence-electron chi connectivity index (χ2n) is 3.66. The maximum absolute atomic E-state index is 12.8. The fraction of sp³-hybridized carbons (Fsp3) is 0.182. The number of hydrogen-bond acceptors (Lipinski definition) is 2. The Morgan fingerprint density at radius 2 is 1.42 bits per heavy atom. The molecule has 0 atom stereocenters. The van der Waals surface area contributed by atoms with Gasteiger partial charge in [0.25, 0.3) is 0 Å². The second-order valence-corrected chi connectivity index (χ2v) is 3.66. The van der Waals surface area contributed by atoms with E-state index >= 15 is 0 Å². The third-order valence-corrected chi connectivity index (χ3v) is 2.38. The van der Waals surface area contributed by atoms with E-state index in [9.17, 15) is 31.1 Å². The van der Waals surface area contributed by atoms with Crippen LogP contribution in [0, 0.1) is 0 Å². The standard InChI is InChI=1S/C11H4F6O2/c12-10(13,14)6-3-1-5-2-4-7(18)19-9(5)8(6)11(15,16)17/h1-4H. The molecule has 0 aliphatic carbocycles. The van der Waals surface area contributed by atoms with Gasteiger partial charge in [-0.3, -0.25) is 0 Å². The lowest BCUT2D eigenvalue weighted by Gasteiger charge is -2.16. The molecule has 0 N–H and O–H groups in total. The van der Waals surface area contributed by atoms with Gasteiger partial charge >= 0.3 is 18.0 Å². The zero-order chi connectivity index (χ0) is 14.4. The second kappa shape index (κ2) is 4.01. The first kappa shape index (κ1) is 13.4. The predicted molar refractivity (Wildman–Crippen MR) is 52.5 cm³/mol. The van der Waals surface area contributed by atoms with Crippen LogP contribution in [0.4, 0.5) is 26.3 Å². The summed E-state index contributed by atoms with van der Waals surface area (Å²) in [5.41, 5.74) is -6.15. The average Bonchev–Trinajstić information content (AvgIpc) is 2.24. The van der Waals surface area contributed by atoms with Crippen LogP contribution < -0.4 is 5.63 Å². The largest absolute Gasteiger partial charge is 0.422 e. The third-order valence-electron chi connectivity index (χ3n) is 2.38. The van der Waals surface area contributed by atoms with Gasteiger partial charge in [-0.05, 0) is 12.1 Å². The summed E-state index contributed by atoms with van der Waals surface area (Å²) < 4.78 is 80.4. The molecule has 0 saturated heterocycles. The topological polar surface area (TPSA) is 30.2 Å². The Labute approximate surface area is 101 Å². The minimum absolute atomic E-state index is 0.236. The van der Waals surface area contributed by atoms with E-state index in [1.54, 1.807) is 0 Å². The van der Waals surface area contributed by atoms with Gasteiger partial charge in [-0.1, -0.05) is 6.07 Å². The highest BCUT2D eigenvalue weighted by Crippen LogP contribution is 2.43. The Morgan fingerprint density at radius 3 is 1.95 bits per heavy atom. The maximum atomic E-state index is 12.8. The molecule has 0 aliphatic rings. The van der Waals surface area contributed by atoms with E-state index in [0.29, 0.717) is 6.07 Å². The first-order valence-corrected chi connectivity index (χ1v) is 4.82. The van der Waals surface area contributed by atoms with Gasteiger partial charge in [0.2, 0.25) is 0 Å². The molecule has 102 valence electrons. The number of fused-ring (bicyclic) bond motifs is 1. The lowest BCUT2D eigenvalue weighted by Crippen LogP contribution is -2.17. The highest BCUT2D eigenvalue weighted by molar-refractivity contribution is 5.81. The van der Waals surface area contributed by atoms with Crippen molar-refractivity contribution in [3.8, 4) is 0 Å². The van der Waals surface area contributed by atoms with Crippen LogP contribution >= 0.6 is 0 Å². The quantitative estimate of drug-likeness (QED) is 0.543. The highest BCUT2D eigenvalue weighted by Gasteiger charge is 2.45. The van der Waals surface area contributed by atoms with Crippen molar-refractivity contribution >= 4 is 11.0 Å². The Hall–Kier alpha value is -1.99. The normalized spacial score (nSPS) is 12.9. The molecule has 0 unspecified atom stereocenters. The van der Waals surface area contributed by atoms with E-state index in [4.69, 9.17) is 0 Å². The summed E-state index contributed by atoms with van der Waals surface area (Å²) in [5.74, 6) is 0. The van der Waals surface area contributed by atoms with Crippen molar-refractivity contribution in [3.05, 3.63) is 45.8 Å². The first-order chi connectivity index (χ1) is 8.60. The molecule has 0 radical (unpaired) electrons. The van der Waals surface area contributed by atoms with Gasteiger partial charge in [0.05, 0.1) is 5.56 Å². The molecule has 0 spiro atoms. The number of rotatable bonds is 0. The molecule has 2 rings (SSSR count).